The third-order valence-electron chi connectivity index (χ3n) is 7.46. The third kappa shape index (κ3) is 5.83. The number of aryl methyl sites for hydroxylation is 2. The van der Waals surface area contributed by atoms with Gasteiger partial charge < -0.3 is 14.5 Å². The molecule has 5 rings (SSSR count). The van der Waals surface area contributed by atoms with E-state index in [-0.39, 0.29) is 18.7 Å². The fraction of sp³-hybridized carbons (Fsp3) is 0.538. The minimum atomic E-state index is -4.73. The van der Waals surface area contributed by atoms with Gasteiger partial charge in [-0.05, 0) is 56.6 Å². The number of ether oxygens (including phenoxy) is 1. The summed E-state index contributed by atoms with van der Waals surface area (Å²) in [5, 5.41) is 0.998. The quantitative estimate of drug-likeness (QED) is 0.531. The number of carbonyl (C=O) groups is 2. The van der Waals surface area contributed by atoms with Gasteiger partial charge in [0.15, 0.2) is 0 Å². The lowest BCUT2D eigenvalue weighted by Crippen LogP contribution is -2.50. The molecule has 3 fully saturated rings. The first-order valence-electron chi connectivity index (χ1n) is 12.9. The predicted octanol–water partition coefficient (Wildman–Crippen LogP) is 2.86. The minimum absolute atomic E-state index is 0.0338. The second-order valence-corrected chi connectivity index (χ2v) is 10.4. The number of benzene rings is 1. The molecule has 3 atom stereocenters. The van der Waals surface area contributed by atoms with Crippen molar-refractivity contribution in [2.45, 2.75) is 38.9 Å². The van der Waals surface area contributed by atoms with Gasteiger partial charge in [-0.1, -0.05) is 0 Å². The lowest BCUT2D eigenvalue weighted by Gasteiger charge is -2.30. The maximum Gasteiger partial charge on any atom is 0.433 e. The maximum atomic E-state index is 14.0. The van der Waals surface area contributed by atoms with E-state index in [4.69, 9.17) is 4.74 Å². The molecule has 2 aromatic rings. The molecule has 3 aliphatic heterocycles. The van der Waals surface area contributed by atoms with Gasteiger partial charge in [-0.2, -0.15) is 13.2 Å². The van der Waals surface area contributed by atoms with Crippen LogP contribution in [0.1, 0.15) is 29.8 Å². The first-order chi connectivity index (χ1) is 18.5. The molecule has 4 heterocycles. The molecule has 0 radical (unpaired) electrons. The van der Waals surface area contributed by atoms with E-state index in [9.17, 15) is 27.2 Å². The highest BCUT2D eigenvalue weighted by molar-refractivity contribution is 6.03. The fourth-order valence-corrected chi connectivity index (χ4v) is 5.48. The number of rotatable bonds is 7. The van der Waals surface area contributed by atoms with Gasteiger partial charge in [-0.25, -0.2) is 19.4 Å². The Kier molecular flexibility index (Phi) is 7.47. The Bertz CT molecular complexity index is 1250. The summed E-state index contributed by atoms with van der Waals surface area (Å²) < 4.78 is 59.8. The van der Waals surface area contributed by atoms with Crippen molar-refractivity contribution in [2.75, 3.05) is 49.3 Å². The zero-order valence-corrected chi connectivity index (χ0v) is 21.7. The number of halogens is 4. The number of nitrogens with zero attached hydrogens (tertiary/aromatic N) is 5. The number of hydrogen-bond donors (Lipinski definition) is 1. The van der Waals surface area contributed by atoms with Crippen molar-refractivity contribution in [3.05, 3.63) is 47.0 Å². The van der Waals surface area contributed by atoms with E-state index in [2.05, 4.69) is 20.3 Å². The lowest BCUT2D eigenvalue weighted by molar-refractivity contribution is -0.141. The van der Waals surface area contributed by atoms with Gasteiger partial charge in [0.05, 0.1) is 19.6 Å². The summed E-state index contributed by atoms with van der Waals surface area (Å²) in [5.41, 5.74) is 2.06. The summed E-state index contributed by atoms with van der Waals surface area (Å²) in [5.74, 6) is -0.889. The van der Waals surface area contributed by atoms with Crippen LogP contribution in [0.4, 0.5) is 29.2 Å². The molecular weight excluding hydrogens is 520 g/mol. The van der Waals surface area contributed by atoms with Gasteiger partial charge >= 0.3 is 6.18 Å². The Balaban J connectivity index is 1.38. The zero-order chi connectivity index (χ0) is 27.9. The molecule has 13 heteroatoms. The van der Waals surface area contributed by atoms with E-state index in [1.165, 1.54) is 24.0 Å². The highest BCUT2D eigenvalue weighted by Gasteiger charge is 2.42. The van der Waals surface area contributed by atoms with Gasteiger partial charge in [0.2, 0.25) is 11.9 Å². The molecular formula is C26H30F4N6O3. The van der Waals surface area contributed by atoms with Crippen LogP contribution in [-0.4, -0.2) is 72.1 Å². The number of hydrogen-bond acceptors (Lipinski definition) is 7. The average molecular weight is 551 g/mol. The van der Waals surface area contributed by atoms with Crippen molar-refractivity contribution in [3.63, 3.8) is 0 Å². The SMILES string of the molecule is Cc1cc(C(F)(F)F)nc(N2NC(=O)CC2C(=O)N(CCCN2CC3COCC3C2)c2ccc(F)c(C)c2)n1. The van der Waals surface area contributed by atoms with Gasteiger partial charge in [0.1, 0.15) is 17.6 Å². The topological polar surface area (TPSA) is 90.9 Å². The van der Waals surface area contributed by atoms with E-state index < -0.39 is 41.5 Å². The highest BCUT2D eigenvalue weighted by atomic mass is 19.4. The van der Waals surface area contributed by atoms with Crippen LogP contribution in [0.5, 0.6) is 0 Å². The van der Waals surface area contributed by atoms with Crippen LogP contribution in [0.2, 0.25) is 0 Å². The molecule has 3 unspecified atom stereocenters. The number of alkyl halides is 3. The molecule has 0 bridgehead atoms. The van der Waals surface area contributed by atoms with Gasteiger partial charge in [-0.3, -0.25) is 15.0 Å². The smallest absolute Gasteiger partial charge is 0.381 e. The summed E-state index contributed by atoms with van der Waals surface area (Å²) in [6.45, 7) is 7.34. The number of nitrogens with one attached hydrogen (secondary N) is 1. The molecule has 1 N–H and O–H groups in total. The minimum Gasteiger partial charge on any atom is -0.381 e. The molecule has 0 spiro atoms. The van der Waals surface area contributed by atoms with Crippen LogP contribution in [-0.2, 0) is 20.5 Å². The van der Waals surface area contributed by atoms with Crippen molar-refractivity contribution in [1.82, 2.24) is 20.3 Å². The Morgan fingerprint density at radius 1 is 1.15 bits per heavy atom. The summed E-state index contributed by atoms with van der Waals surface area (Å²) in [7, 11) is 0. The fourth-order valence-electron chi connectivity index (χ4n) is 5.48. The Morgan fingerprint density at radius 2 is 1.87 bits per heavy atom. The van der Waals surface area contributed by atoms with Crippen molar-refractivity contribution in [1.29, 1.82) is 0 Å². The molecule has 39 heavy (non-hydrogen) atoms. The summed E-state index contributed by atoms with van der Waals surface area (Å²) in [6.07, 6.45) is -4.41. The van der Waals surface area contributed by atoms with Gasteiger partial charge in [-0.15, -0.1) is 0 Å². The van der Waals surface area contributed by atoms with Crippen LogP contribution in [0.25, 0.3) is 0 Å². The second-order valence-electron chi connectivity index (χ2n) is 10.4. The number of hydrazine groups is 1. The number of amides is 2. The normalized spacial score (nSPS) is 23.3. The lowest BCUT2D eigenvalue weighted by atomic mass is 10.0. The molecule has 3 saturated heterocycles. The van der Waals surface area contributed by atoms with E-state index in [1.807, 2.05) is 0 Å². The molecule has 1 aromatic carbocycles. The average Bonchev–Trinajstić information content (AvgIpc) is 3.57. The summed E-state index contributed by atoms with van der Waals surface area (Å²) in [6, 6.07) is 3.90. The zero-order valence-electron chi connectivity index (χ0n) is 21.7. The van der Waals surface area contributed by atoms with E-state index >= 15 is 0 Å². The van der Waals surface area contributed by atoms with Gasteiger partial charge in [0.25, 0.3) is 5.91 Å². The number of fused-ring (bicyclic) bond motifs is 1. The first-order valence-corrected chi connectivity index (χ1v) is 12.9. The van der Waals surface area contributed by atoms with Crippen LogP contribution in [0.3, 0.4) is 0 Å². The van der Waals surface area contributed by atoms with Crippen molar-refractivity contribution < 1.29 is 31.9 Å². The highest BCUT2D eigenvalue weighted by Crippen LogP contribution is 2.31. The van der Waals surface area contributed by atoms with Crippen molar-refractivity contribution in [2.24, 2.45) is 11.8 Å². The molecule has 0 saturated carbocycles. The molecule has 1 aromatic heterocycles. The predicted molar refractivity (Wildman–Crippen MR) is 133 cm³/mol. The number of aromatic nitrogens is 2. The first kappa shape index (κ1) is 27.3. The van der Waals surface area contributed by atoms with E-state index in [1.54, 1.807) is 13.0 Å². The third-order valence-corrected chi connectivity index (χ3v) is 7.46. The van der Waals surface area contributed by atoms with Crippen LogP contribution < -0.4 is 15.3 Å². The number of anilines is 2. The van der Waals surface area contributed by atoms with E-state index in [0.29, 0.717) is 29.5 Å². The van der Waals surface area contributed by atoms with Crippen LogP contribution in [0, 0.1) is 31.5 Å². The van der Waals surface area contributed by atoms with Gasteiger partial charge in [0, 0.05) is 42.9 Å². The molecule has 9 nitrogen and oxygen atoms in total. The number of likely N-dealkylation sites (tertiary alicyclic amines) is 1. The van der Waals surface area contributed by atoms with Crippen LogP contribution >= 0.6 is 0 Å². The molecule has 210 valence electrons. The number of carbonyl (C=O) groups excluding carboxylic acids is 2. The van der Waals surface area contributed by atoms with Crippen molar-refractivity contribution >= 4 is 23.5 Å². The monoisotopic (exact) mass is 550 g/mol. The Hall–Kier alpha value is -3.32. The molecule has 0 aliphatic carbocycles. The molecule has 3 aliphatic rings. The largest absolute Gasteiger partial charge is 0.433 e. The van der Waals surface area contributed by atoms with Crippen molar-refractivity contribution in [3.8, 4) is 0 Å². The van der Waals surface area contributed by atoms with Crippen LogP contribution in [0.15, 0.2) is 24.3 Å². The van der Waals surface area contributed by atoms with E-state index in [0.717, 1.165) is 43.9 Å². The Morgan fingerprint density at radius 3 is 2.54 bits per heavy atom. The summed E-state index contributed by atoms with van der Waals surface area (Å²) >= 11 is 0. The standard InChI is InChI=1S/C26H30F4N6O3/c1-15-8-19(4-5-20(15)27)35(7-3-6-34-11-17-13-39-14-18(17)12-34)24(38)21-10-23(37)33-36(21)25-31-16(2)9-22(32-25)26(28,29)30/h4-5,8-9,17-18,21H,3,6-7,10-14H2,1-2H3,(H,33,37). The summed E-state index contributed by atoms with van der Waals surface area (Å²) in [4.78, 5) is 37.7. The second kappa shape index (κ2) is 10.7. The Labute approximate surface area is 223 Å². The molecule has 2 amide bonds. The maximum absolute atomic E-state index is 14.0.